The van der Waals surface area contributed by atoms with Crippen LogP contribution < -0.4 is 10.3 Å². The lowest BCUT2D eigenvalue weighted by Gasteiger charge is -2.16. The Balaban J connectivity index is 2.00. The predicted molar refractivity (Wildman–Crippen MR) is 141 cm³/mol. The van der Waals surface area contributed by atoms with E-state index < -0.39 is 12.1 Å². The van der Waals surface area contributed by atoms with E-state index in [-0.39, 0.29) is 23.1 Å². The Morgan fingerprint density at radius 2 is 1.97 bits per heavy atom. The van der Waals surface area contributed by atoms with Gasteiger partial charge in [0.25, 0.3) is 5.56 Å². The van der Waals surface area contributed by atoms with Crippen molar-refractivity contribution in [3.8, 4) is 5.75 Å². The van der Waals surface area contributed by atoms with Gasteiger partial charge in [0, 0.05) is 10.4 Å². The first-order valence-electron chi connectivity index (χ1n) is 10.7. The molecule has 0 saturated carbocycles. The van der Waals surface area contributed by atoms with Crippen molar-refractivity contribution in [1.82, 2.24) is 9.66 Å². The Kier molecular flexibility index (Phi) is 8.89. The van der Waals surface area contributed by atoms with Crippen LogP contribution in [0, 0.1) is 0 Å². The molecule has 180 valence electrons. The minimum absolute atomic E-state index is 0.0216. The third-order valence-corrected chi connectivity index (χ3v) is 6.51. The predicted octanol–water partition coefficient (Wildman–Crippen LogP) is 6.30. The standard InChI is InChI=1S/C24H24Br2ClN3O4/c1-5-13(3)22-29-20-8-7-16(25)11-17(20)23(31)30(22)28-12-15-9-18(26)21(19(27)10-15)34-14(4)24(32)33-6-2/h7-14H,5-6H2,1-4H3/t13-,14+/m1/s1. The summed E-state index contributed by atoms with van der Waals surface area (Å²) in [6, 6.07) is 8.79. The van der Waals surface area contributed by atoms with Gasteiger partial charge < -0.3 is 9.47 Å². The lowest BCUT2D eigenvalue weighted by molar-refractivity contribution is -0.150. The highest BCUT2D eigenvalue weighted by atomic mass is 79.9. The van der Waals surface area contributed by atoms with E-state index in [4.69, 9.17) is 26.1 Å². The van der Waals surface area contributed by atoms with E-state index in [2.05, 4.69) is 37.0 Å². The second-order valence-electron chi connectivity index (χ2n) is 7.63. The first kappa shape index (κ1) is 26.4. The van der Waals surface area contributed by atoms with Crippen LogP contribution in [0.15, 0.2) is 49.2 Å². The Bertz CT molecular complexity index is 1290. The zero-order valence-electron chi connectivity index (χ0n) is 19.1. The summed E-state index contributed by atoms with van der Waals surface area (Å²) in [4.78, 5) is 29.8. The van der Waals surface area contributed by atoms with Crippen molar-refractivity contribution in [2.75, 3.05) is 6.61 Å². The molecule has 2 aromatic carbocycles. The average molecular weight is 614 g/mol. The molecule has 0 radical (unpaired) electrons. The molecule has 7 nitrogen and oxygen atoms in total. The molecule has 0 unspecified atom stereocenters. The summed E-state index contributed by atoms with van der Waals surface area (Å²) in [5.41, 5.74) is 0.994. The summed E-state index contributed by atoms with van der Waals surface area (Å²) in [6.45, 7) is 7.61. The van der Waals surface area contributed by atoms with E-state index in [1.54, 1.807) is 32.0 Å². The molecule has 3 aromatic rings. The van der Waals surface area contributed by atoms with Crippen LogP contribution in [0.1, 0.15) is 51.4 Å². The number of carbonyl (C=O) groups is 1. The molecule has 10 heteroatoms. The molecular formula is C24H24Br2ClN3O4. The highest BCUT2D eigenvalue weighted by molar-refractivity contribution is 9.10. The first-order valence-corrected chi connectivity index (χ1v) is 12.7. The normalized spacial score (nSPS) is 13.3. The number of esters is 1. The average Bonchev–Trinajstić information content (AvgIpc) is 2.80. The molecule has 0 fully saturated rings. The molecule has 0 bridgehead atoms. The molecule has 0 aliphatic heterocycles. The SMILES string of the molecule is CCOC(=O)[C@H](C)Oc1c(Cl)cc(C=Nn2c([C@H](C)CC)nc3ccc(Br)cc3c2=O)cc1Br. The van der Waals surface area contributed by atoms with Crippen molar-refractivity contribution < 1.29 is 14.3 Å². The molecule has 0 saturated heterocycles. The molecule has 0 N–H and O–H groups in total. The van der Waals surface area contributed by atoms with Gasteiger partial charge in [0.2, 0.25) is 0 Å². The van der Waals surface area contributed by atoms with Gasteiger partial charge in [0.15, 0.2) is 11.9 Å². The maximum Gasteiger partial charge on any atom is 0.347 e. The van der Waals surface area contributed by atoms with Crippen LogP contribution in [0.4, 0.5) is 0 Å². The fraction of sp³-hybridized carbons (Fsp3) is 0.333. The lowest BCUT2D eigenvalue weighted by atomic mass is 10.1. The number of halogens is 3. The summed E-state index contributed by atoms with van der Waals surface area (Å²) in [5, 5.41) is 5.20. The maximum absolute atomic E-state index is 13.3. The van der Waals surface area contributed by atoms with Gasteiger partial charge in [0.1, 0.15) is 5.82 Å². The Morgan fingerprint density at radius 3 is 2.62 bits per heavy atom. The first-order chi connectivity index (χ1) is 16.2. The van der Waals surface area contributed by atoms with Crippen LogP contribution in [0.3, 0.4) is 0 Å². The third kappa shape index (κ3) is 5.87. The van der Waals surface area contributed by atoms with Crippen molar-refractivity contribution in [1.29, 1.82) is 0 Å². The van der Waals surface area contributed by atoms with Crippen LogP contribution in [0.5, 0.6) is 5.75 Å². The second-order valence-corrected chi connectivity index (χ2v) is 9.81. The summed E-state index contributed by atoms with van der Waals surface area (Å²) < 4.78 is 13.3. The minimum Gasteiger partial charge on any atom is -0.476 e. The molecule has 0 aliphatic rings. The molecular weight excluding hydrogens is 590 g/mol. The van der Waals surface area contributed by atoms with E-state index in [0.29, 0.717) is 32.5 Å². The number of ether oxygens (including phenoxy) is 2. The topological polar surface area (TPSA) is 82.8 Å². The Morgan fingerprint density at radius 1 is 1.24 bits per heavy atom. The van der Waals surface area contributed by atoms with Gasteiger partial charge in [-0.2, -0.15) is 9.78 Å². The van der Waals surface area contributed by atoms with Gasteiger partial charge in [-0.25, -0.2) is 9.78 Å². The van der Waals surface area contributed by atoms with E-state index in [1.165, 1.54) is 10.9 Å². The van der Waals surface area contributed by atoms with Gasteiger partial charge in [-0.15, -0.1) is 0 Å². The van der Waals surface area contributed by atoms with Crippen LogP contribution >= 0.6 is 43.5 Å². The molecule has 1 aromatic heterocycles. The van der Waals surface area contributed by atoms with Gasteiger partial charge in [-0.3, -0.25) is 4.79 Å². The molecule has 0 aliphatic carbocycles. The van der Waals surface area contributed by atoms with Crippen molar-refractivity contribution in [2.24, 2.45) is 5.10 Å². The van der Waals surface area contributed by atoms with Crippen molar-refractivity contribution in [2.45, 2.75) is 46.1 Å². The number of fused-ring (bicyclic) bond motifs is 1. The van der Waals surface area contributed by atoms with Gasteiger partial charge in [-0.05, 0) is 72.1 Å². The number of rotatable bonds is 8. The van der Waals surface area contributed by atoms with E-state index >= 15 is 0 Å². The van der Waals surface area contributed by atoms with Crippen molar-refractivity contribution >= 4 is 66.5 Å². The zero-order chi connectivity index (χ0) is 25.0. The monoisotopic (exact) mass is 611 g/mol. The number of hydrogen-bond acceptors (Lipinski definition) is 6. The molecule has 2 atom stereocenters. The number of aromatic nitrogens is 2. The summed E-state index contributed by atoms with van der Waals surface area (Å²) in [6.07, 6.45) is 1.51. The van der Waals surface area contributed by atoms with E-state index in [0.717, 1.165) is 10.9 Å². The quantitative estimate of drug-likeness (QED) is 0.220. The maximum atomic E-state index is 13.3. The highest BCUT2D eigenvalue weighted by Gasteiger charge is 2.20. The number of carbonyl (C=O) groups excluding carboxylic acids is 1. The summed E-state index contributed by atoms with van der Waals surface area (Å²) in [7, 11) is 0. The molecule has 0 amide bonds. The zero-order valence-corrected chi connectivity index (χ0v) is 23.1. The van der Waals surface area contributed by atoms with Gasteiger partial charge in [-0.1, -0.05) is 41.4 Å². The number of benzene rings is 2. The fourth-order valence-corrected chi connectivity index (χ4v) is 4.47. The van der Waals surface area contributed by atoms with Crippen LogP contribution in [-0.4, -0.2) is 34.6 Å². The van der Waals surface area contributed by atoms with E-state index in [9.17, 15) is 9.59 Å². The lowest BCUT2D eigenvalue weighted by Crippen LogP contribution is -2.26. The number of hydrogen-bond donors (Lipinski definition) is 0. The summed E-state index contributed by atoms with van der Waals surface area (Å²) >= 11 is 13.3. The minimum atomic E-state index is -0.826. The Labute approximate surface area is 219 Å². The van der Waals surface area contributed by atoms with Crippen LogP contribution in [0.2, 0.25) is 5.02 Å². The summed E-state index contributed by atoms with van der Waals surface area (Å²) in [5.74, 6) is 0.429. The van der Waals surface area contributed by atoms with Gasteiger partial charge >= 0.3 is 5.97 Å². The molecule has 0 spiro atoms. The molecule has 34 heavy (non-hydrogen) atoms. The third-order valence-electron chi connectivity index (χ3n) is 5.14. The Hall–Kier alpha value is -2.23. The van der Waals surface area contributed by atoms with Gasteiger partial charge in [0.05, 0.1) is 33.2 Å². The number of nitrogens with zero attached hydrogens (tertiary/aromatic N) is 3. The molecule has 1 heterocycles. The second kappa shape index (κ2) is 11.5. The molecule has 3 rings (SSSR count). The van der Waals surface area contributed by atoms with Crippen LogP contribution in [-0.2, 0) is 9.53 Å². The van der Waals surface area contributed by atoms with Crippen LogP contribution in [0.25, 0.3) is 10.9 Å². The van der Waals surface area contributed by atoms with E-state index in [1.807, 2.05) is 26.0 Å². The highest BCUT2D eigenvalue weighted by Crippen LogP contribution is 2.35. The van der Waals surface area contributed by atoms with Crippen molar-refractivity contribution in [3.63, 3.8) is 0 Å². The van der Waals surface area contributed by atoms with Crippen molar-refractivity contribution in [3.05, 3.63) is 66.0 Å². The fourth-order valence-electron chi connectivity index (χ4n) is 3.15. The smallest absolute Gasteiger partial charge is 0.347 e. The largest absolute Gasteiger partial charge is 0.476 e.